The standard InChI is InChI=1S/C24H14BrNS/c25-15-9-11-16(12-10-15)26-20-7-3-1-6-19(20)23-21(26)14-13-18-17-5-2-4-8-22(17)27-24(18)23/h1-14H. The van der Waals surface area contributed by atoms with Crippen LogP contribution in [0.25, 0.3) is 47.7 Å². The highest BCUT2D eigenvalue weighted by molar-refractivity contribution is 9.10. The molecule has 0 amide bonds. The van der Waals surface area contributed by atoms with E-state index in [1.165, 1.54) is 47.7 Å². The van der Waals surface area contributed by atoms with E-state index in [-0.39, 0.29) is 0 Å². The molecule has 0 fully saturated rings. The van der Waals surface area contributed by atoms with Crippen LogP contribution in [0.4, 0.5) is 0 Å². The summed E-state index contributed by atoms with van der Waals surface area (Å²) in [5.41, 5.74) is 3.70. The number of benzene rings is 4. The monoisotopic (exact) mass is 427 g/mol. The van der Waals surface area contributed by atoms with Crippen LogP contribution in [0.5, 0.6) is 0 Å². The minimum atomic E-state index is 1.10. The summed E-state index contributed by atoms with van der Waals surface area (Å²) >= 11 is 5.45. The van der Waals surface area contributed by atoms with Crippen LogP contribution in [0.1, 0.15) is 0 Å². The zero-order valence-corrected chi connectivity index (χ0v) is 16.7. The highest BCUT2D eigenvalue weighted by Crippen LogP contribution is 2.43. The fraction of sp³-hybridized carbons (Fsp3) is 0. The summed E-state index contributed by atoms with van der Waals surface area (Å²) in [6, 6.07) is 30.5. The van der Waals surface area contributed by atoms with Crippen LogP contribution in [-0.2, 0) is 0 Å². The van der Waals surface area contributed by atoms with Gasteiger partial charge in [0.1, 0.15) is 0 Å². The molecule has 0 aliphatic carbocycles. The SMILES string of the molecule is Brc1ccc(-n2c3ccccc3c3c4sc5ccccc5c4ccc32)cc1. The molecule has 1 nitrogen and oxygen atoms in total. The number of para-hydroxylation sites is 1. The van der Waals surface area contributed by atoms with Gasteiger partial charge in [-0.2, -0.15) is 0 Å². The molecule has 0 saturated heterocycles. The maximum Gasteiger partial charge on any atom is 0.0555 e. The van der Waals surface area contributed by atoms with Crippen LogP contribution >= 0.6 is 27.3 Å². The van der Waals surface area contributed by atoms with E-state index in [1.54, 1.807) is 0 Å². The van der Waals surface area contributed by atoms with Gasteiger partial charge in [0, 0.05) is 41.1 Å². The number of aromatic nitrogens is 1. The van der Waals surface area contributed by atoms with Crippen molar-refractivity contribution in [1.82, 2.24) is 4.57 Å². The summed E-state index contributed by atoms with van der Waals surface area (Å²) in [5, 5.41) is 5.36. The fourth-order valence-electron chi connectivity index (χ4n) is 4.10. The zero-order valence-electron chi connectivity index (χ0n) is 14.3. The van der Waals surface area contributed by atoms with Crippen molar-refractivity contribution in [1.29, 1.82) is 0 Å². The Bertz CT molecular complexity index is 1470. The molecule has 6 aromatic rings. The smallest absolute Gasteiger partial charge is 0.0555 e. The van der Waals surface area contributed by atoms with Gasteiger partial charge < -0.3 is 4.57 Å². The molecule has 0 N–H and O–H groups in total. The number of thiophene rings is 1. The zero-order chi connectivity index (χ0) is 18.0. The number of hydrogen-bond acceptors (Lipinski definition) is 1. The minimum absolute atomic E-state index is 1.10. The first-order valence-corrected chi connectivity index (χ1v) is 10.5. The van der Waals surface area contributed by atoms with Crippen molar-refractivity contribution in [2.45, 2.75) is 0 Å². The third kappa shape index (κ3) is 2.16. The predicted octanol–water partition coefficient (Wildman–Crippen LogP) is 7.91. The summed E-state index contributed by atoms with van der Waals surface area (Å²) in [6.45, 7) is 0. The Morgan fingerprint density at radius 1 is 0.630 bits per heavy atom. The van der Waals surface area contributed by atoms with Gasteiger partial charge in [0.2, 0.25) is 0 Å². The summed E-state index contributed by atoms with van der Waals surface area (Å²) in [5.74, 6) is 0. The van der Waals surface area contributed by atoms with E-state index in [2.05, 4.69) is 105 Å². The number of hydrogen-bond donors (Lipinski definition) is 0. The molecule has 3 heteroatoms. The van der Waals surface area contributed by atoms with E-state index in [0.29, 0.717) is 0 Å². The Labute approximate surface area is 168 Å². The van der Waals surface area contributed by atoms with Gasteiger partial charge in [-0.05, 0) is 42.5 Å². The Balaban J connectivity index is 1.85. The number of rotatable bonds is 1. The molecule has 6 rings (SSSR count). The lowest BCUT2D eigenvalue weighted by atomic mass is 10.1. The minimum Gasteiger partial charge on any atom is -0.309 e. The molecule has 0 aliphatic heterocycles. The maximum absolute atomic E-state index is 3.55. The van der Waals surface area contributed by atoms with E-state index < -0.39 is 0 Å². The van der Waals surface area contributed by atoms with E-state index in [1.807, 2.05) is 11.3 Å². The van der Waals surface area contributed by atoms with Crippen molar-refractivity contribution in [2.24, 2.45) is 0 Å². The number of halogens is 1. The van der Waals surface area contributed by atoms with Gasteiger partial charge in [0.15, 0.2) is 0 Å². The van der Waals surface area contributed by atoms with Gasteiger partial charge in [-0.3, -0.25) is 0 Å². The summed E-state index contributed by atoms with van der Waals surface area (Å²) < 4.78 is 6.20. The van der Waals surface area contributed by atoms with Crippen LogP contribution in [-0.4, -0.2) is 4.57 Å². The van der Waals surface area contributed by atoms with Crippen LogP contribution in [0.3, 0.4) is 0 Å². The molecule has 0 saturated carbocycles. The molecule has 128 valence electrons. The van der Waals surface area contributed by atoms with Crippen molar-refractivity contribution >= 4 is 69.2 Å². The van der Waals surface area contributed by atoms with Gasteiger partial charge >= 0.3 is 0 Å². The molecule has 4 aromatic carbocycles. The molecule has 2 heterocycles. The second-order valence-electron chi connectivity index (χ2n) is 6.76. The third-order valence-corrected chi connectivity index (χ3v) is 7.00. The first kappa shape index (κ1) is 15.4. The van der Waals surface area contributed by atoms with Crippen molar-refractivity contribution in [2.75, 3.05) is 0 Å². The molecule has 27 heavy (non-hydrogen) atoms. The molecule has 2 aromatic heterocycles. The summed E-state index contributed by atoms with van der Waals surface area (Å²) in [4.78, 5) is 0. The van der Waals surface area contributed by atoms with Gasteiger partial charge in [-0.25, -0.2) is 0 Å². The summed E-state index contributed by atoms with van der Waals surface area (Å²) in [7, 11) is 0. The average molecular weight is 428 g/mol. The van der Waals surface area contributed by atoms with Crippen molar-refractivity contribution in [3.05, 3.63) is 89.4 Å². The average Bonchev–Trinajstić information content (AvgIpc) is 3.24. The highest BCUT2D eigenvalue weighted by Gasteiger charge is 2.16. The van der Waals surface area contributed by atoms with E-state index in [9.17, 15) is 0 Å². The van der Waals surface area contributed by atoms with Crippen LogP contribution in [0.2, 0.25) is 0 Å². The van der Waals surface area contributed by atoms with Crippen molar-refractivity contribution in [3.63, 3.8) is 0 Å². The number of nitrogens with zero attached hydrogens (tertiary/aromatic N) is 1. The lowest BCUT2D eigenvalue weighted by Gasteiger charge is -2.07. The molecule has 0 radical (unpaired) electrons. The van der Waals surface area contributed by atoms with E-state index in [0.717, 1.165) is 4.47 Å². The van der Waals surface area contributed by atoms with E-state index >= 15 is 0 Å². The van der Waals surface area contributed by atoms with Gasteiger partial charge in [0.05, 0.1) is 11.0 Å². The normalized spacial score (nSPS) is 11.9. The van der Waals surface area contributed by atoms with Crippen molar-refractivity contribution in [3.8, 4) is 5.69 Å². The Kier molecular flexibility index (Phi) is 3.25. The molecular weight excluding hydrogens is 414 g/mol. The first-order valence-electron chi connectivity index (χ1n) is 8.90. The third-order valence-electron chi connectivity index (χ3n) is 5.26. The Morgan fingerprint density at radius 3 is 2.22 bits per heavy atom. The van der Waals surface area contributed by atoms with Crippen molar-refractivity contribution < 1.29 is 0 Å². The van der Waals surface area contributed by atoms with Gasteiger partial charge in [-0.1, -0.05) is 58.4 Å². The molecule has 0 unspecified atom stereocenters. The molecule has 0 atom stereocenters. The fourth-order valence-corrected chi connectivity index (χ4v) is 5.63. The Hall–Kier alpha value is -2.62. The van der Waals surface area contributed by atoms with Gasteiger partial charge in [-0.15, -0.1) is 11.3 Å². The van der Waals surface area contributed by atoms with Crippen LogP contribution in [0.15, 0.2) is 89.4 Å². The largest absolute Gasteiger partial charge is 0.309 e. The highest BCUT2D eigenvalue weighted by atomic mass is 79.9. The molecular formula is C24H14BrNS. The van der Waals surface area contributed by atoms with Crippen LogP contribution < -0.4 is 0 Å². The predicted molar refractivity (Wildman–Crippen MR) is 121 cm³/mol. The lowest BCUT2D eigenvalue weighted by Crippen LogP contribution is -1.92. The topological polar surface area (TPSA) is 4.93 Å². The van der Waals surface area contributed by atoms with Gasteiger partial charge in [0.25, 0.3) is 0 Å². The quantitative estimate of drug-likeness (QED) is 0.251. The molecule has 0 bridgehead atoms. The second-order valence-corrected chi connectivity index (χ2v) is 8.73. The first-order chi connectivity index (χ1) is 13.3. The lowest BCUT2D eigenvalue weighted by molar-refractivity contribution is 1.18. The maximum atomic E-state index is 3.55. The van der Waals surface area contributed by atoms with E-state index in [4.69, 9.17) is 0 Å². The summed E-state index contributed by atoms with van der Waals surface area (Å²) in [6.07, 6.45) is 0. The Morgan fingerprint density at radius 2 is 1.37 bits per heavy atom. The molecule has 0 spiro atoms. The number of fused-ring (bicyclic) bond motifs is 7. The second kappa shape index (κ2) is 5.69. The molecule has 0 aliphatic rings. The van der Waals surface area contributed by atoms with Crippen LogP contribution in [0, 0.1) is 0 Å².